The fraction of sp³-hybridized carbons (Fsp3) is 0.360. The number of ether oxygens (including phenoxy) is 1. The molecule has 0 spiro atoms. The van der Waals surface area contributed by atoms with Crippen LogP contribution in [-0.4, -0.2) is 59.0 Å². The Morgan fingerprint density at radius 3 is 2.60 bits per heavy atom. The number of hydrogen-bond acceptors (Lipinski definition) is 6. The first kappa shape index (κ1) is 30.9. The summed E-state index contributed by atoms with van der Waals surface area (Å²) in [6.07, 6.45) is -3.48. The van der Waals surface area contributed by atoms with Gasteiger partial charge in [0.25, 0.3) is 0 Å². The highest BCUT2D eigenvalue weighted by Crippen LogP contribution is 2.32. The van der Waals surface area contributed by atoms with E-state index in [-0.39, 0.29) is 40.9 Å². The first-order chi connectivity index (χ1) is 18.8. The lowest BCUT2D eigenvalue weighted by molar-refractivity contribution is -0.275. The minimum Gasteiger partial charge on any atom is -0.403 e. The average molecular weight is 602 g/mol. The summed E-state index contributed by atoms with van der Waals surface area (Å²) in [6.45, 7) is 5.54. The third-order valence-electron chi connectivity index (χ3n) is 5.92. The highest BCUT2D eigenvalue weighted by atomic mass is 35.5. The van der Waals surface area contributed by atoms with E-state index in [9.17, 15) is 27.6 Å². The summed E-state index contributed by atoms with van der Waals surface area (Å²) in [5.41, 5.74) is 6.43. The quantitative estimate of drug-likeness (QED) is 0.151. The van der Waals surface area contributed by atoms with Gasteiger partial charge in [-0.2, -0.15) is 10.4 Å². The number of hydrazone groups is 1. The molecule has 0 bridgehead atoms. The predicted octanol–water partition coefficient (Wildman–Crippen LogP) is 5.01. The van der Waals surface area contributed by atoms with Crippen LogP contribution in [0, 0.1) is 23.2 Å². The molecule has 15 heteroatoms. The molecule has 214 valence electrons. The van der Waals surface area contributed by atoms with Crippen LogP contribution in [0.1, 0.15) is 26.3 Å². The maximum Gasteiger partial charge on any atom is 0.573 e. The van der Waals surface area contributed by atoms with Gasteiger partial charge in [-0.3, -0.25) is 10.1 Å². The maximum atomic E-state index is 14.9. The molecule has 0 radical (unpaired) electrons. The smallest absolute Gasteiger partial charge is 0.403 e. The van der Waals surface area contributed by atoms with Crippen molar-refractivity contribution in [2.24, 2.45) is 21.7 Å². The first-order valence-corrected chi connectivity index (χ1v) is 12.7. The second-order valence-electron chi connectivity index (χ2n) is 8.92. The minimum atomic E-state index is -5.13. The zero-order valence-electron chi connectivity index (χ0n) is 21.5. The molecule has 1 aliphatic heterocycles. The molecular formula is C25H25Cl2F4N7O2. The van der Waals surface area contributed by atoms with Crippen LogP contribution in [0.4, 0.5) is 23.2 Å². The molecule has 1 heterocycles. The Morgan fingerprint density at radius 2 is 2.02 bits per heavy atom. The van der Waals surface area contributed by atoms with E-state index in [0.29, 0.717) is 11.3 Å². The number of alkyl halides is 3. The highest BCUT2D eigenvalue weighted by molar-refractivity contribution is 6.42. The van der Waals surface area contributed by atoms with Crippen molar-refractivity contribution in [3.8, 4) is 11.9 Å². The second-order valence-corrected chi connectivity index (χ2v) is 9.73. The van der Waals surface area contributed by atoms with Gasteiger partial charge in [-0.15, -0.1) is 13.2 Å². The largest absolute Gasteiger partial charge is 0.573 e. The molecular weight excluding hydrogens is 577 g/mol. The maximum absolute atomic E-state index is 14.9. The lowest BCUT2D eigenvalue weighted by atomic mass is 9.99. The van der Waals surface area contributed by atoms with Crippen LogP contribution < -0.4 is 15.8 Å². The van der Waals surface area contributed by atoms with E-state index in [2.05, 4.69) is 20.1 Å². The number of nitrogens with zero attached hydrogens (tertiary/aromatic N) is 5. The van der Waals surface area contributed by atoms with Gasteiger partial charge in [0.2, 0.25) is 11.9 Å². The molecule has 1 amide bonds. The molecule has 3 N–H and O–H groups in total. The van der Waals surface area contributed by atoms with Crippen LogP contribution >= 0.6 is 23.2 Å². The van der Waals surface area contributed by atoms with Gasteiger partial charge in [0.1, 0.15) is 5.69 Å². The normalized spacial score (nSPS) is 16.4. The summed E-state index contributed by atoms with van der Waals surface area (Å²) in [4.78, 5) is 18.8. The van der Waals surface area contributed by atoms with Gasteiger partial charge in [-0.1, -0.05) is 49.2 Å². The van der Waals surface area contributed by atoms with E-state index in [4.69, 9.17) is 28.9 Å². The summed E-state index contributed by atoms with van der Waals surface area (Å²) in [6, 6.07) is 6.17. The predicted molar refractivity (Wildman–Crippen MR) is 143 cm³/mol. The zero-order chi connectivity index (χ0) is 29.8. The number of aliphatic imine (C=N–C) groups is 1. The molecule has 2 aromatic carbocycles. The van der Waals surface area contributed by atoms with Crippen molar-refractivity contribution in [2.45, 2.75) is 39.2 Å². The molecule has 1 aliphatic rings. The fourth-order valence-electron chi connectivity index (χ4n) is 3.88. The van der Waals surface area contributed by atoms with E-state index in [1.165, 1.54) is 9.91 Å². The van der Waals surface area contributed by atoms with E-state index < -0.39 is 35.7 Å². The first-order valence-electron chi connectivity index (χ1n) is 11.9. The number of rotatable bonds is 7. The number of amides is 1. The summed E-state index contributed by atoms with van der Waals surface area (Å²) in [5, 5.41) is 17.9. The summed E-state index contributed by atoms with van der Waals surface area (Å²) in [7, 11) is 0. The number of carbonyl (C=O) groups is 1. The number of halogens is 6. The Hall–Kier alpha value is -3.60. The van der Waals surface area contributed by atoms with Gasteiger partial charge < -0.3 is 15.4 Å². The van der Waals surface area contributed by atoms with Crippen LogP contribution in [0.25, 0.3) is 0 Å². The number of carbonyl (C=O) groups excluding carboxylic acids is 1. The van der Waals surface area contributed by atoms with E-state index in [1.54, 1.807) is 45.2 Å². The van der Waals surface area contributed by atoms with Gasteiger partial charge in [-0.05, 0) is 37.1 Å². The molecule has 0 aromatic heterocycles. The number of guanidine groups is 1. The second kappa shape index (κ2) is 12.7. The standard InChI is InChI=1S/C25H25Cl2F4N7O2/c1-4-37(23(39)21(33)13(2)3)18-11-38(36-22(18)14-8-9-15(26)16(27)10-14)24(34-12-32)35-17-6-5-7-19(20(17)28)40-25(29,30)31/h5-10,13,18,21H,4,11,33H2,1-3H3,(H,34,35). The minimum absolute atomic E-state index is 0.0617. The van der Waals surface area contributed by atoms with Crippen molar-refractivity contribution in [3.63, 3.8) is 0 Å². The Balaban J connectivity index is 2.11. The van der Waals surface area contributed by atoms with Crippen LogP contribution in [0.5, 0.6) is 5.75 Å². The molecule has 2 atom stereocenters. The molecule has 0 aliphatic carbocycles. The lowest BCUT2D eigenvalue weighted by Crippen LogP contribution is -2.54. The third-order valence-corrected chi connectivity index (χ3v) is 6.65. The fourth-order valence-corrected chi connectivity index (χ4v) is 4.18. The Bertz CT molecular complexity index is 1360. The topological polar surface area (TPSA) is 119 Å². The Kier molecular flexibility index (Phi) is 9.83. The molecule has 0 fully saturated rings. The van der Waals surface area contributed by atoms with E-state index in [1.807, 2.05) is 0 Å². The highest BCUT2D eigenvalue weighted by Gasteiger charge is 2.39. The van der Waals surface area contributed by atoms with Gasteiger partial charge in [-0.25, -0.2) is 14.4 Å². The number of nitrogens with one attached hydrogen (secondary N) is 1. The monoisotopic (exact) mass is 601 g/mol. The lowest BCUT2D eigenvalue weighted by Gasteiger charge is -2.32. The molecule has 2 unspecified atom stereocenters. The molecule has 9 nitrogen and oxygen atoms in total. The van der Waals surface area contributed by atoms with Gasteiger partial charge in [0.05, 0.1) is 34.4 Å². The number of hydrogen-bond donors (Lipinski definition) is 2. The van der Waals surface area contributed by atoms with Crippen LogP contribution in [-0.2, 0) is 4.79 Å². The van der Waals surface area contributed by atoms with Gasteiger partial charge in [0.15, 0.2) is 17.8 Å². The van der Waals surface area contributed by atoms with Crippen LogP contribution in [0.3, 0.4) is 0 Å². The summed E-state index contributed by atoms with van der Waals surface area (Å²) in [5.74, 6) is -3.35. The van der Waals surface area contributed by atoms with Crippen molar-refractivity contribution in [3.05, 3.63) is 57.8 Å². The molecule has 2 aromatic rings. The zero-order valence-corrected chi connectivity index (χ0v) is 23.0. The molecule has 3 rings (SSSR count). The number of likely N-dealkylation sites (N-methyl/N-ethyl adjacent to an activating group) is 1. The average Bonchev–Trinajstić information content (AvgIpc) is 3.31. The van der Waals surface area contributed by atoms with Gasteiger partial charge >= 0.3 is 6.36 Å². The van der Waals surface area contributed by atoms with Crippen molar-refractivity contribution in [1.82, 2.24) is 15.2 Å². The van der Waals surface area contributed by atoms with Crippen molar-refractivity contribution in [2.75, 3.05) is 13.1 Å². The van der Waals surface area contributed by atoms with E-state index >= 15 is 0 Å². The van der Waals surface area contributed by atoms with E-state index in [0.717, 1.165) is 18.2 Å². The van der Waals surface area contributed by atoms with Gasteiger partial charge in [0, 0.05) is 12.1 Å². The number of benzene rings is 2. The number of nitrogens with two attached hydrogens (primary N) is 1. The summed E-state index contributed by atoms with van der Waals surface area (Å²) >= 11 is 12.3. The molecule has 40 heavy (non-hydrogen) atoms. The number of nitriles is 1. The van der Waals surface area contributed by atoms with Crippen LogP contribution in [0.2, 0.25) is 10.0 Å². The third kappa shape index (κ3) is 7.12. The van der Waals surface area contributed by atoms with Crippen LogP contribution in [0.15, 0.2) is 46.5 Å². The summed E-state index contributed by atoms with van der Waals surface area (Å²) < 4.78 is 56.7. The molecule has 0 saturated carbocycles. The van der Waals surface area contributed by atoms with Crippen molar-refractivity contribution in [1.29, 1.82) is 5.26 Å². The molecule has 0 saturated heterocycles. The Morgan fingerprint density at radius 1 is 1.32 bits per heavy atom. The van der Waals surface area contributed by atoms with Crippen molar-refractivity contribution < 1.29 is 27.1 Å². The Labute approximate surface area is 237 Å². The van der Waals surface area contributed by atoms with Crippen molar-refractivity contribution >= 4 is 46.5 Å². The SMILES string of the molecule is CCN(C(=O)C(N)C(C)C)C1CN(C(=Nc2cccc(OC(F)(F)F)c2F)NC#N)N=C1c1ccc(Cl)c(Cl)c1.